The molecular formula is C13H20N2O2. The molecule has 0 saturated carbocycles. The fraction of sp³-hybridized carbons (Fsp3) is 0.538. The molecule has 1 saturated heterocycles. The summed E-state index contributed by atoms with van der Waals surface area (Å²) in [7, 11) is 3.66. The van der Waals surface area contributed by atoms with Crippen LogP contribution in [0.2, 0.25) is 0 Å². The third-order valence-electron chi connectivity index (χ3n) is 3.07. The Labute approximate surface area is 103 Å². The largest absolute Gasteiger partial charge is 0.497 e. The van der Waals surface area contributed by atoms with Crippen molar-refractivity contribution in [2.24, 2.45) is 0 Å². The maximum atomic E-state index is 5.52. The van der Waals surface area contributed by atoms with Crippen LogP contribution in [0.15, 0.2) is 24.3 Å². The van der Waals surface area contributed by atoms with Gasteiger partial charge in [-0.15, -0.1) is 0 Å². The van der Waals surface area contributed by atoms with E-state index in [1.54, 1.807) is 7.11 Å². The number of nitrogens with zero attached hydrogens (tertiary/aromatic N) is 1. The summed E-state index contributed by atoms with van der Waals surface area (Å²) in [6.07, 6.45) is 0. The molecule has 0 aromatic heterocycles. The lowest BCUT2D eigenvalue weighted by Crippen LogP contribution is -2.50. The third-order valence-corrected chi connectivity index (χ3v) is 3.07. The van der Waals surface area contributed by atoms with Crippen LogP contribution in [-0.2, 0) is 4.74 Å². The number of ether oxygens (including phenoxy) is 2. The van der Waals surface area contributed by atoms with Gasteiger partial charge in [0.2, 0.25) is 0 Å². The predicted molar refractivity (Wildman–Crippen MR) is 68.9 cm³/mol. The Balaban J connectivity index is 2.11. The second-order valence-electron chi connectivity index (χ2n) is 4.18. The lowest BCUT2D eigenvalue weighted by Gasteiger charge is -2.37. The van der Waals surface area contributed by atoms with E-state index < -0.39 is 0 Å². The van der Waals surface area contributed by atoms with E-state index in [1.807, 2.05) is 19.2 Å². The maximum absolute atomic E-state index is 5.52. The molecule has 1 aromatic carbocycles. The van der Waals surface area contributed by atoms with Gasteiger partial charge in [0, 0.05) is 18.8 Å². The summed E-state index contributed by atoms with van der Waals surface area (Å²) in [5, 5.41) is 3.21. The van der Waals surface area contributed by atoms with Crippen molar-refractivity contribution >= 4 is 5.69 Å². The normalized spacial score (nSPS) is 20.4. The van der Waals surface area contributed by atoms with E-state index in [2.05, 4.69) is 22.3 Å². The number of methoxy groups -OCH3 is 1. The first kappa shape index (κ1) is 12.2. The van der Waals surface area contributed by atoms with E-state index in [-0.39, 0.29) is 0 Å². The van der Waals surface area contributed by atoms with E-state index in [0.29, 0.717) is 6.04 Å². The Morgan fingerprint density at radius 2 is 2.18 bits per heavy atom. The van der Waals surface area contributed by atoms with E-state index in [1.165, 1.54) is 5.69 Å². The second-order valence-corrected chi connectivity index (χ2v) is 4.18. The lowest BCUT2D eigenvalue weighted by atomic mass is 10.2. The van der Waals surface area contributed by atoms with Gasteiger partial charge < -0.3 is 19.7 Å². The van der Waals surface area contributed by atoms with Crippen molar-refractivity contribution < 1.29 is 9.47 Å². The average molecular weight is 236 g/mol. The average Bonchev–Trinajstić information content (AvgIpc) is 2.40. The quantitative estimate of drug-likeness (QED) is 0.849. The molecule has 4 heteroatoms. The van der Waals surface area contributed by atoms with Crippen molar-refractivity contribution in [2.45, 2.75) is 6.04 Å². The number of rotatable bonds is 4. The molecule has 1 aliphatic heterocycles. The molecule has 4 nitrogen and oxygen atoms in total. The fourth-order valence-electron chi connectivity index (χ4n) is 2.17. The molecule has 1 N–H and O–H groups in total. The molecule has 0 aliphatic carbocycles. The number of likely N-dealkylation sites (N-methyl/N-ethyl adjacent to an activating group) is 1. The van der Waals surface area contributed by atoms with Gasteiger partial charge >= 0.3 is 0 Å². The first-order valence-electron chi connectivity index (χ1n) is 5.98. The van der Waals surface area contributed by atoms with Gasteiger partial charge in [0.05, 0.1) is 26.4 Å². The predicted octanol–water partition coefficient (Wildman–Crippen LogP) is 1.12. The standard InChI is InChI=1S/C13H20N2O2/c1-14-9-12-10-17-8-7-15(12)11-3-5-13(16-2)6-4-11/h3-6,12,14H,7-10H2,1-2H3. The fourth-order valence-corrected chi connectivity index (χ4v) is 2.17. The molecule has 0 bridgehead atoms. The third kappa shape index (κ3) is 2.90. The topological polar surface area (TPSA) is 33.7 Å². The van der Waals surface area contributed by atoms with Crippen LogP contribution in [0.1, 0.15) is 0 Å². The molecule has 0 radical (unpaired) electrons. The van der Waals surface area contributed by atoms with E-state index in [4.69, 9.17) is 9.47 Å². The molecule has 1 unspecified atom stereocenters. The highest BCUT2D eigenvalue weighted by Crippen LogP contribution is 2.22. The molecular weight excluding hydrogens is 216 g/mol. The second kappa shape index (κ2) is 5.89. The van der Waals surface area contributed by atoms with Gasteiger partial charge in [-0.1, -0.05) is 0 Å². The summed E-state index contributed by atoms with van der Waals surface area (Å²) in [4.78, 5) is 2.39. The molecule has 94 valence electrons. The molecule has 1 aromatic rings. The Morgan fingerprint density at radius 3 is 2.82 bits per heavy atom. The Bertz CT molecular complexity index is 338. The van der Waals surface area contributed by atoms with Crippen molar-refractivity contribution in [3.05, 3.63) is 24.3 Å². The van der Waals surface area contributed by atoms with Gasteiger partial charge in [-0.25, -0.2) is 0 Å². The van der Waals surface area contributed by atoms with Crippen LogP contribution in [0, 0.1) is 0 Å². The minimum atomic E-state index is 0.405. The van der Waals surface area contributed by atoms with Gasteiger partial charge in [-0.05, 0) is 31.3 Å². The highest BCUT2D eigenvalue weighted by Gasteiger charge is 2.22. The van der Waals surface area contributed by atoms with Crippen LogP contribution >= 0.6 is 0 Å². The lowest BCUT2D eigenvalue weighted by molar-refractivity contribution is 0.0943. The Morgan fingerprint density at radius 1 is 1.41 bits per heavy atom. The van der Waals surface area contributed by atoms with Crippen molar-refractivity contribution in [3.63, 3.8) is 0 Å². The van der Waals surface area contributed by atoms with Crippen LogP contribution in [0.25, 0.3) is 0 Å². The smallest absolute Gasteiger partial charge is 0.119 e. The Hall–Kier alpha value is -1.26. The van der Waals surface area contributed by atoms with Crippen LogP contribution in [0.3, 0.4) is 0 Å². The van der Waals surface area contributed by atoms with Gasteiger partial charge in [0.1, 0.15) is 5.75 Å². The van der Waals surface area contributed by atoms with E-state index in [9.17, 15) is 0 Å². The summed E-state index contributed by atoms with van der Waals surface area (Å²) < 4.78 is 10.7. The molecule has 1 heterocycles. The van der Waals surface area contributed by atoms with Crippen LogP contribution in [-0.4, -0.2) is 46.5 Å². The van der Waals surface area contributed by atoms with Gasteiger partial charge in [0.25, 0.3) is 0 Å². The molecule has 2 rings (SSSR count). The van der Waals surface area contributed by atoms with E-state index >= 15 is 0 Å². The van der Waals surface area contributed by atoms with Gasteiger partial charge in [0.15, 0.2) is 0 Å². The number of morpholine rings is 1. The summed E-state index contributed by atoms with van der Waals surface area (Å²) in [6, 6.07) is 8.62. The van der Waals surface area contributed by atoms with Crippen LogP contribution in [0.4, 0.5) is 5.69 Å². The first-order chi connectivity index (χ1) is 8.35. The van der Waals surface area contributed by atoms with Gasteiger partial charge in [-0.2, -0.15) is 0 Å². The molecule has 17 heavy (non-hydrogen) atoms. The van der Waals surface area contributed by atoms with Crippen LogP contribution < -0.4 is 15.0 Å². The van der Waals surface area contributed by atoms with Crippen molar-refractivity contribution in [3.8, 4) is 5.75 Å². The van der Waals surface area contributed by atoms with Gasteiger partial charge in [-0.3, -0.25) is 0 Å². The summed E-state index contributed by atoms with van der Waals surface area (Å²) in [5.41, 5.74) is 1.23. The molecule has 1 aliphatic rings. The zero-order valence-corrected chi connectivity index (χ0v) is 10.5. The van der Waals surface area contributed by atoms with Crippen molar-refractivity contribution in [2.75, 3.05) is 45.4 Å². The summed E-state index contributed by atoms with van der Waals surface area (Å²) in [6.45, 7) is 3.46. The Kier molecular flexibility index (Phi) is 4.23. The highest BCUT2D eigenvalue weighted by atomic mass is 16.5. The number of anilines is 1. The maximum Gasteiger partial charge on any atom is 0.119 e. The van der Waals surface area contributed by atoms with E-state index in [0.717, 1.165) is 32.1 Å². The number of nitrogens with one attached hydrogen (secondary N) is 1. The molecule has 0 amide bonds. The number of hydrogen-bond donors (Lipinski definition) is 1. The summed E-state index contributed by atoms with van der Waals surface area (Å²) in [5.74, 6) is 0.896. The zero-order chi connectivity index (χ0) is 12.1. The number of hydrogen-bond acceptors (Lipinski definition) is 4. The first-order valence-corrected chi connectivity index (χ1v) is 5.98. The molecule has 1 fully saturated rings. The molecule has 1 atom stereocenters. The van der Waals surface area contributed by atoms with Crippen molar-refractivity contribution in [1.29, 1.82) is 0 Å². The number of benzene rings is 1. The zero-order valence-electron chi connectivity index (χ0n) is 10.5. The highest BCUT2D eigenvalue weighted by molar-refractivity contribution is 5.50. The summed E-state index contributed by atoms with van der Waals surface area (Å²) >= 11 is 0. The SMILES string of the molecule is CNCC1COCCN1c1ccc(OC)cc1. The minimum Gasteiger partial charge on any atom is -0.497 e. The monoisotopic (exact) mass is 236 g/mol. The molecule has 0 spiro atoms. The van der Waals surface area contributed by atoms with Crippen molar-refractivity contribution in [1.82, 2.24) is 5.32 Å². The van der Waals surface area contributed by atoms with Crippen LogP contribution in [0.5, 0.6) is 5.75 Å². The minimum absolute atomic E-state index is 0.405.